The van der Waals surface area contributed by atoms with Gasteiger partial charge in [-0.25, -0.2) is 0 Å². The van der Waals surface area contributed by atoms with Crippen LogP contribution in [0.2, 0.25) is 0 Å². The Bertz CT molecular complexity index is 341. The second-order valence-electron chi connectivity index (χ2n) is 5.65. The fourth-order valence-electron chi connectivity index (χ4n) is 3.16. The molecule has 2 aliphatic rings. The van der Waals surface area contributed by atoms with Crippen LogP contribution in [-0.4, -0.2) is 53.6 Å². The lowest BCUT2D eigenvalue weighted by molar-refractivity contribution is -0.131. The fourth-order valence-corrected chi connectivity index (χ4v) is 3.16. The van der Waals surface area contributed by atoms with E-state index in [2.05, 4.69) is 11.0 Å². The Labute approximate surface area is 116 Å². The third-order valence-corrected chi connectivity index (χ3v) is 4.20. The zero-order chi connectivity index (χ0) is 13.7. The summed E-state index contributed by atoms with van der Waals surface area (Å²) in [7, 11) is 0. The molecule has 1 amide bonds. The lowest BCUT2D eigenvalue weighted by atomic mass is 9.99. The van der Waals surface area contributed by atoms with E-state index in [0.717, 1.165) is 45.3 Å². The van der Waals surface area contributed by atoms with E-state index < -0.39 is 0 Å². The third kappa shape index (κ3) is 3.80. The first kappa shape index (κ1) is 14.5. The predicted octanol–water partition coefficient (Wildman–Crippen LogP) is 1.61. The highest BCUT2D eigenvalue weighted by Gasteiger charge is 2.24. The number of carbonyl (C=O) groups is 1. The van der Waals surface area contributed by atoms with Crippen LogP contribution in [0, 0.1) is 5.92 Å². The van der Waals surface area contributed by atoms with Crippen LogP contribution in [-0.2, 0) is 4.79 Å². The number of likely N-dealkylation sites (N-methyl/N-ethyl adjacent to an activating group) is 1. The van der Waals surface area contributed by atoms with Gasteiger partial charge in [-0.05, 0) is 51.5 Å². The van der Waals surface area contributed by atoms with E-state index in [0.29, 0.717) is 12.5 Å². The van der Waals surface area contributed by atoms with Crippen LogP contribution >= 0.6 is 0 Å². The highest BCUT2D eigenvalue weighted by atomic mass is 16.3. The Balaban J connectivity index is 1.88. The van der Waals surface area contributed by atoms with Crippen LogP contribution in [0.5, 0.6) is 0 Å². The summed E-state index contributed by atoms with van der Waals surface area (Å²) in [6, 6.07) is 0. The Morgan fingerprint density at radius 2 is 2.37 bits per heavy atom. The van der Waals surface area contributed by atoms with Crippen molar-refractivity contribution in [3.63, 3.8) is 0 Å². The van der Waals surface area contributed by atoms with E-state index in [1.165, 1.54) is 12.1 Å². The molecule has 0 aromatic heterocycles. The molecule has 0 bridgehead atoms. The Kier molecular flexibility index (Phi) is 5.40. The second kappa shape index (κ2) is 7.06. The molecule has 1 aliphatic carbocycles. The molecule has 0 aromatic carbocycles. The molecule has 1 aliphatic heterocycles. The number of likely N-dealkylation sites (tertiary alicyclic amines) is 1. The monoisotopic (exact) mass is 266 g/mol. The number of allylic oxidation sites excluding steroid dienone is 2. The normalized spacial score (nSPS) is 24.3. The largest absolute Gasteiger partial charge is 0.396 e. The standard InChI is InChI=1S/C15H26N2O2/c1-2-17(14-7-3-4-8-14)15(19)11-16-9-5-6-13(10-16)12-18/h7,13,18H,2-6,8-12H2,1H3. The average Bonchev–Trinajstić information content (AvgIpc) is 2.93. The average molecular weight is 266 g/mol. The van der Waals surface area contributed by atoms with Gasteiger partial charge in [0, 0.05) is 25.4 Å². The number of hydrogen-bond donors (Lipinski definition) is 1. The van der Waals surface area contributed by atoms with E-state index in [1.807, 2.05) is 11.8 Å². The number of nitrogens with zero attached hydrogens (tertiary/aromatic N) is 2. The van der Waals surface area contributed by atoms with E-state index in [9.17, 15) is 9.90 Å². The van der Waals surface area contributed by atoms with Gasteiger partial charge >= 0.3 is 0 Å². The summed E-state index contributed by atoms with van der Waals surface area (Å²) in [5.74, 6) is 0.566. The molecule has 19 heavy (non-hydrogen) atoms. The van der Waals surface area contributed by atoms with Crippen molar-refractivity contribution in [2.45, 2.75) is 39.0 Å². The first-order chi connectivity index (χ1) is 9.24. The third-order valence-electron chi connectivity index (χ3n) is 4.20. The molecule has 1 fully saturated rings. The maximum atomic E-state index is 12.4. The van der Waals surface area contributed by atoms with Crippen LogP contribution in [0.25, 0.3) is 0 Å². The molecule has 108 valence electrons. The molecule has 4 nitrogen and oxygen atoms in total. The summed E-state index contributed by atoms with van der Waals surface area (Å²) in [6.45, 7) is 5.40. The number of aliphatic hydroxyl groups is 1. The fraction of sp³-hybridized carbons (Fsp3) is 0.800. The van der Waals surface area contributed by atoms with Crippen molar-refractivity contribution in [3.8, 4) is 0 Å². The highest BCUT2D eigenvalue weighted by molar-refractivity contribution is 5.80. The van der Waals surface area contributed by atoms with Crippen molar-refractivity contribution < 1.29 is 9.90 Å². The molecule has 1 atom stereocenters. The van der Waals surface area contributed by atoms with Gasteiger partial charge in [0.05, 0.1) is 6.54 Å². The second-order valence-corrected chi connectivity index (χ2v) is 5.65. The summed E-state index contributed by atoms with van der Waals surface area (Å²) in [5, 5.41) is 9.24. The Morgan fingerprint density at radius 1 is 1.53 bits per heavy atom. The van der Waals surface area contributed by atoms with Crippen LogP contribution < -0.4 is 0 Å². The Morgan fingerprint density at radius 3 is 3.00 bits per heavy atom. The molecule has 0 radical (unpaired) electrons. The molecule has 0 spiro atoms. The number of carbonyl (C=O) groups excluding carboxylic acids is 1. The maximum Gasteiger partial charge on any atom is 0.240 e. The van der Waals surface area contributed by atoms with Gasteiger partial charge in [-0.3, -0.25) is 9.69 Å². The minimum Gasteiger partial charge on any atom is -0.396 e. The van der Waals surface area contributed by atoms with Gasteiger partial charge in [-0.1, -0.05) is 6.08 Å². The smallest absolute Gasteiger partial charge is 0.240 e. The molecule has 1 N–H and O–H groups in total. The van der Waals surface area contributed by atoms with Gasteiger partial charge < -0.3 is 10.0 Å². The van der Waals surface area contributed by atoms with Crippen molar-refractivity contribution in [1.82, 2.24) is 9.80 Å². The van der Waals surface area contributed by atoms with Crippen molar-refractivity contribution >= 4 is 5.91 Å². The van der Waals surface area contributed by atoms with E-state index >= 15 is 0 Å². The SMILES string of the molecule is CCN(C(=O)CN1CCCC(CO)C1)C1=CCCC1. The molecule has 1 unspecified atom stereocenters. The van der Waals surface area contributed by atoms with Crippen LogP contribution in [0.15, 0.2) is 11.8 Å². The summed E-state index contributed by atoms with van der Waals surface area (Å²) < 4.78 is 0. The first-order valence-corrected chi connectivity index (χ1v) is 7.57. The van der Waals surface area contributed by atoms with Crippen molar-refractivity contribution in [2.24, 2.45) is 5.92 Å². The van der Waals surface area contributed by atoms with Crippen molar-refractivity contribution in [3.05, 3.63) is 11.8 Å². The Hall–Kier alpha value is -0.870. The van der Waals surface area contributed by atoms with Gasteiger partial charge in [0.1, 0.15) is 0 Å². The molecule has 4 heteroatoms. The topological polar surface area (TPSA) is 43.8 Å². The van der Waals surface area contributed by atoms with Crippen molar-refractivity contribution in [2.75, 3.05) is 32.8 Å². The van der Waals surface area contributed by atoms with Crippen LogP contribution in [0.1, 0.15) is 39.0 Å². The number of piperidine rings is 1. The summed E-state index contributed by atoms with van der Waals surface area (Å²) in [4.78, 5) is 16.5. The molecular weight excluding hydrogens is 240 g/mol. The van der Waals surface area contributed by atoms with E-state index in [1.54, 1.807) is 0 Å². The van der Waals surface area contributed by atoms with Gasteiger partial charge in [0.2, 0.25) is 5.91 Å². The van der Waals surface area contributed by atoms with Crippen LogP contribution in [0.3, 0.4) is 0 Å². The summed E-state index contributed by atoms with van der Waals surface area (Å²) >= 11 is 0. The summed E-state index contributed by atoms with van der Waals surface area (Å²) in [6.07, 6.45) is 7.70. The number of hydrogen-bond acceptors (Lipinski definition) is 3. The minimum atomic E-state index is 0.217. The zero-order valence-electron chi connectivity index (χ0n) is 12.0. The number of amides is 1. The lowest BCUT2D eigenvalue weighted by Crippen LogP contribution is -2.44. The lowest BCUT2D eigenvalue weighted by Gasteiger charge is -2.33. The van der Waals surface area contributed by atoms with E-state index in [-0.39, 0.29) is 12.5 Å². The molecule has 0 saturated carbocycles. The summed E-state index contributed by atoms with van der Waals surface area (Å²) in [5.41, 5.74) is 1.21. The maximum absolute atomic E-state index is 12.4. The van der Waals surface area contributed by atoms with Gasteiger partial charge in [0.25, 0.3) is 0 Å². The molecular formula is C15H26N2O2. The number of rotatable bonds is 5. The quantitative estimate of drug-likeness (QED) is 0.822. The number of aliphatic hydroxyl groups excluding tert-OH is 1. The minimum absolute atomic E-state index is 0.217. The van der Waals surface area contributed by atoms with Gasteiger partial charge in [0.15, 0.2) is 0 Å². The predicted molar refractivity (Wildman–Crippen MR) is 75.6 cm³/mol. The first-order valence-electron chi connectivity index (χ1n) is 7.57. The molecule has 1 saturated heterocycles. The van der Waals surface area contributed by atoms with Crippen LogP contribution in [0.4, 0.5) is 0 Å². The molecule has 2 rings (SSSR count). The van der Waals surface area contributed by atoms with E-state index in [4.69, 9.17) is 0 Å². The van der Waals surface area contributed by atoms with Crippen molar-refractivity contribution in [1.29, 1.82) is 0 Å². The molecule has 1 heterocycles. The van der Waals surface area contributed by atoms with Gasteiger partial charge in [-0.15, -0.1) is 0 Å². The highest BCUT2D eigenvalue weighted by Crippen LogP contribution is 2.22. The zero-order valence-corrected chi connectivity index (χ0v) is 12.0. The molecule has 0 aromatic rings. The van der Waals surface area contributed by atoms with Gasteiger partial charge in [-0.2, -0.15) is 0 Å².